The summed E-state index contributed by atoms with van der Waals surface area (Å²) in [7, 11) is 0. The Bertz CT molecular complexity index is 345. The number of nitrogens with one attached hydrogen (secondary N) is 1. The van der Waals surface area contributed by atoms with Crippen LogP contribution in [0.1, 0.15) is 18.9 Å². The maximum atomic E-state index is 13.0. The summed E-state index contributed by atoms with van der Waals surface area (Å²) in [5.41, 5.74) is 6.56. The zero-order valence-electron chi connectivity index (χ0n) is 8.88. The standard InChI is InChI=1S/C11H15FN2O/c1-7-3-9(12)6-10(4-7)14-8(2)5-11(13)15/h3-4,6,8,14H,5H2,1-2H3,(H2,13,15). The summed E-state index contributed by atoms with van der Waals surface area (Å²) in [6.45, 7) is 3.64. The van der Waals surface area contributed by atoms with E-state index in [2.05, 4.69) is 5.32 Å². The van der Waals surface area contributed by atoms with Crippen LogP contribution in [-0.2, 0) is 4.79 Å². The molecular formula is C11H15FN2O. The first-order valence-corrected chi connectivity index (χ1v) is 4.79. The Labute approximate surface area is 88.5 Å². The minimum Gasteiger partial charge on any atom is -0.382 e. The number of nitrogens with two attached hydrogens (primary N) is 1. The fourth-order valence-electron chi connectivity index (χ4n) is 1.46. The average molecular weight is 210 g/mol. The first-order valence-electron chi connectivity index (χ1n) is 4.79. The quantitative estimate of drug-likeness (QED) is 0.796. The summed E-state index contributed by atoms with van der Waals surface area (Å²) < 4.78 is 13.0. The van der Waals surface area contributed by atoms with Crippen LogP contribution in [0.15, 0.2) is 18.2 Å². The third kappa shape index (κ3) is 3.97. The summed E-state index contributed by atoms with van der Waals surface area (Å²) >= 11 is 0. The fraction of sp³-hybridized carbons (Fsp3) is 0.364. The molecule has 4 heteroatoms. The van der Waals surface area contributed by atoms with Crippen molar-refractivity contribution in [2.75, 3.05) is 5.32 Å². The summed E-state index contributed by atoms with van der Waals surface area (Å²) in [5.74, 6) is -0.660. The molecule has 1 rings (SSSR count). The van der Waals surface area contributed by atoms with Gasteiger partial charge in [0.15, 0.2) is 0 Å². The van der Waals surface area contributed by atoms with E-state index in [-0.39, 0.29) is 24.2 Å². The van der Waals surface area contributed by atoms with Crippen molar-refractivity contribution in [1.82, 2.24) is 0 Å². The van der Waals surface area contributed by atoms with Gasteiger partial charge in [-0.1, -0.05) is 0 Å². The summed E-state index contributed by atoms with van der Waals surface area (Å²) in [4.78, 5) is 10.6. The predicted octanol–water partition coefficient (Wildman–Crippen LogP) is 1.81. The van der Waals surface area contributed by atoms with Gasteiger partial charge in [0.25, 0.3) is 0 Å². The maximum Gasteiger partial charge on any atom is 0.219 e. The summed E-state index contributed by atoms with van der Waals surface area (Å²) in [6.07, 6.45) is 0.232. The number of hydrogen-bond acceptors (Lipinski definition) is 2. The van der Waals surface area contributed by atoms with Crippen molar-refractivity contribution >= 4 is 11.6 Å². The fourth-order valence-corrected chi connectivity index (χ4v) is 1.46. The van der Waals surface area contributed by atoms with Crippen molar-refractivity contribution in [1.29, 1.82) is 0 Å². The van der Waals surface area contributed by atoms with E-state index in [4.69, 9.17) is 5.73 Å². The molecule has 0 saturated heterocycles. The van der Waals surface area contributed by atoms with Gasteiger partial charge in [-0.3, -0.25) is 4.79 Å². The number of primary amides is 1. The molecule has 3 nitrogen and oxygen atoms in total. The van der Waals surface area contributed by atoms with Crippen LogP contribution in [0.3, 0.4) is 0 Å². The zero-order chi connectivity index (χ0) is 11.4. The van der Waals surface area contributed by atoms with Gasteiger partial charge in [-0.05, 0) is 37.6 Å². The molecule has 0 bridgehead atoms. The predicted molar refractivity (Wildman–Crippen MR) is 58.0 cm³/mol. The smallest absolute Gasteiger partial charge is 0.219 e. The van der Waals surface area contributed by atoms with Gasteiger partial charge in [-0.25, -0.2) is 4.39 Å². The lowest BCUT2D eigenvalue weighted by atomic mass is 10.1. The zero-order valence-corrected chi connectivity index (χ0v) is 8.88. The number of amides is 1. The second kappa shape index (κ2) is 4.77. The molecule has 0 heterocycles. The second-order valence-corrected chi connectivity index (χ2v) is 3.73. The topological polar surface area (TPSA) is 55.1 Å². The van der Waals surface area contributed by atoms with E-state index < -0.39 is 0 Å². The SMILES string of the molecule is Cc1cc(F)cc(NC(C)CC(N)=O)c1. The molecule has 0 aromatic heterocycles. The molecule has 0 aliphatic heterocycles. The number of anilines is 1. The lowest BCUT2D eigenvalue weighted by molar-refractivity contribution is -0.118. The van der Waals surface area contributed by atoms with E-state index in [1.54, 1.807) is 0 Å². The molecule has 1 aromatic carbocycles. The van der Waals surface area contributed by atoms with Crippen LogP contribution in [-0.4, -0.2) is 11.9 Å². The number of aryl methyl sites for hydroxylation is 1. The van der Waals surface area contributed by atoms with E-state index >= 15 is 0 Å². The minimum absolute atomic E-state index is 0.0938. The van der Waals surface area contributed by atoms with Gasteiger partial charge < -0.3 is 11.1 Å². The van der Waals surface area contributed by atoms with Crippen molar-refractivity contribution in [2.24, 2.45) is 5.73 Å². The number of benzene rings is 1. The number of rotatable bonds is 4. The van der Waals surface area contributed by atoms with Gasteiger partial charge in [0.05, 0.1) is 0 Å². The van der Waals surface area contributed by atoms with E-state index in [1.807, 2.05) is 19.9 Å². The molecule has 0 fully saturated rings. The third-order valence-electron chi connectivity index (χ3n) is 1.96. The Morgan fingerprint density at radius 3 is 2.73 bits per heavy atom. The molecule has 1 amide bonds. The van der Waals surface area contributed by atoms with Crippen LogP contribution >= 0.6 is 0 Å². The molecule has 0 aliphatic rings. The van der Waals surface area contributed by atoms with Crippen LogP contribution in [0.2, 0.25) is 0 Å². The minimum atomic E-state index is -0.372. The molecule has 3 N–H and O–H groups in total. The first-order chi connectivity index (χ1) is 6.97. The third-order valence-corrected chi connectivity index (χ3v) is 1.96. The van der Waals surface area contributed by atoms with Crippen molar-refractivity contribution in [3.05, 3.63) is 29.6 Å². The number of carbonyl (C=O) groups excluding carboxylic acids is 1. The summed E-state index contributed by atoms with van der Waals surface area (Å²) in [5, 5.41) is 3.01. The number of carbonyl (C=O) groups is 1. The molecule has 1 unspecified atom stereocenters. The Morgan fingerprint density at radius 2 is 2.20 bits per heavy atom. The molecule has 1 aromatic rings. The Morgan fingerprint density at radius 1 is 1.53 bits per heavy atom. The highest BCUT2D eigenvalue weighted by Crippen LogP contribution is 2.14. The van der Waals surface area contributed by atoms with Crippen molar-refractivity contribution < 1.29 is 9.18 Å². The number of halogens is 1. The second-order valence-electron chi connectivity index (χ2n) is 3.73. The van der Waals surface area contributed by atoms with E-state index in [0.29, 0.717) is 5.69 Å². The molecule has 0 spiro atoms. The van der Waals surface area contributed by atoms with Crippen LogP contribution in [0.5, 0.6) is 0 Å². The monoisotopic (exact) mass is 210 g/mol. The van der Waals surface area contributed by atoms with Crippen molar-refractivity contribution in [2.45, 2.75) is 26.3 Å². The highest BCUT2D eigenvalue weighted by molar-refractivity contribution is 5.74. The van der Waals surface area contributed by atoms with Crippen LogP contribution in [0.25, 0.3) is 0 Å². The molecule has 0 aliphatic carbocycles. The summed E-state index contributed by atoms with van der Waals surface area (Å²) in [6, 6.07) is 4.57. The maximum absolute atomic E-state index is 13.0. The lowest BCUT2D eigenvalue weighted by Crippen LogP contribution is -2.24. The first kappa shape index (κ1) is 11.5. The highest BCUT2D eigenvalue weighted by Gasteiger charge is 2.06. The highest BCUT2D eigenvalue weighted by atomic mass is 19.1. The van der Waals surface area contributed by atoms with Gasteiger partial charge in [0.1, 0.15) is 5.82 Å². The largest absolute Gasteiger partial charge is 0.382 e. The Hall–Kier alpha value is -1.58. The van der Waals surface area contributed by atoms with Gasteiger partial charge >= 0.3 is 0 Å². The lowest BCUT2D eigenvalue weighted by Gasteiger charge is -2.13. The van der Waals surface area contributed by atoms with Gasteiger partial charge in [0, 0.05) is 18.2 Å². The molecule has 0 saturated carbocycles. The number of hydrogen-bond donors (Lipinski definition) is 2. The normalized spacial score (nSPS) is 12.2. The molecule has 0 radical (unpaired) electrons. The molecule has 1 atom stereocenters. The van der Waals surface area contributed by atoms with Crippen LogP contribution < -0.4 is 11.1 Å². The van der Waals surface area contributed by atoms with Gasteiger partial charge in [0.2, 0.25) is 5.91 Å². The molecule has 15 heavy (non-hydrogen) atoms. The average Bonchev–Trinajstić information content (AvgIpc) is 1.98. The molecular weight excluding hydrogens is 195 g/mol. The van der Waals surface area contributed by atoms with Crippen LogP contribution in [0.4, 0.5) is 10.1 Å². The van der Waals surface area contributed by atoms with Crippen LogP contribution in [0, 0.1) is 12.7 Å². The van der Waals surface area contributed by atoms with E-state index in [9.17, 15) is 9.18 Å². The van der Waals surface area contributed by atoms with Gasteiger partial charge in [-0.2, -0.15) is 0 Å². The Balaban J connectivity index is 2.67. The van der Waals surface area contributed by atoms with Crippen molar-refractivity contribution in [3.63, 3.8) is 0 Å². The molecule has 82 valence electrons. The van der Waals surface area contributed by atoms with E-state index in [1.165, 1.54) is 12.1 Å². The van der Waals surface area contributed by atoms with Crippen molar-refractivity contribution in [3.8, 4) is 0 Å². The van der Waals surface area contributed by atoms with E-state index in [0.717, 1.165) is 5.56 Å². The Kier molecular flexibility index (Phi) is 3.66. The van der Waals surface area contributed by atoms with Gasteiger partial charge in [-0.15, -0.1) is 0 Å².